The number of anilines is 1. The minimum atomic E-state index is -0.0841. The molecule has 1 unspecified atom stereocenters. The number of nitrogens with two attached hydrogens (primary N) is 1. The molecular weight excluding hydrogens is 296 g/mol. The Morgan fingerprint density at radius 3 is 2.50 bits per heavy atom. The second-order valence-corrected chi connectivity index (χ2v) is 6.26. The second-order valence-electron chi connectivity index (χ2n) is 5.82. The van der Waals surface area contributed by atoms with Gasteiger partial charge >= 0.3 is 0 Å². The van der Waals surface area contributed by atoms with Gasteiger partial charge in [-0.1, -0.05) is 36.2 Å². The van der Waals surface area contributed by atoms with Crippen LogP contribution in [0.2, 0.25) is 5.02 Å². The van der Waals surface area contributed by atoms with Crippen molar-refractivity contribution < 1.29 is 4.79 Å². The zero-order valence-corrected chi connectivity index (χ0v) is 13.0. The average Bonchev–Trinajstić information content (AvgIpc) is 2.45. The van der Waals surface area contributed by atoms with Crippen LogP contribution in [0.3, 0.4) is 0 Å². The number of halogens is 1. The molecule has 1 atom stereocenters. The summed E-state index contributed by atoms with van der Waals surface area (Å²) in [7, 11) is 0. The predicted octanol–water partition coefficient (Wildman–Crippen LogP) is 4.19. The first-order chi connectivity index (χ1) is 10.6. The minimum absolute atomic E-state index is 0.0277. The van der Waals surface area contributed by atoms with E-state index in [1.165, 1.54) is 6.42 Å². The summed E-state index contributed by atoms with van der Waals surface area (Å²) >= 11 is 5.96. The van der Waals surface area contributed by atoms with Gasteiger partial charge in [-0.3, -0.25) is 4.79 Å². The van der Waals surface area contributed by atoms with Gasteiger partial charge in [0.1, 0.15) is 0 Å². The average molecular weight is 315 g/mol. The van der Waals surface area contributed by atoms with Crippen LogP contribution in [0, 0.1) is 5.92 Å². The van der Waals surface area contributed by atoms with E-state index < -0.39 is 0 Å². The lowest BCUT2D eigenvalue weighted by Crippen LogP contribution is -2.36. The topological polar surface area (TPSA) is 55.1 Å². The lowest BCUT2D eigenvalue weighted by atomic mass is 9.77. The van der Waals surface area contributed by atoms with E-state index in [1.54, 1.807) is 24.3 Å². The van der Waals surface area contributed by atoms with Gasteiger partial charge in [0.2, 0.25) is 0 Å². The predicted molar refractivity (Wildman–Crippen MR) is 89.9 cm³/mol. The van der Waals surface area contributed by atoms with E-state index >= 15 is 0 Å². The second kappa shape index (κ2) is 6.41. The molecule has 0 heterocycles. The maximum absolute atomic E-state index is 12.5. The Labute approximate surface area is 135 Å². The molecule has 22 heavy (non-hydrogen) atoms. The van der Waals surface area contributed by atoms with Crippen molar-refractivity contribution in [3.63, 3.8) is 0 Å². The van der Waals surface area contributed by atoms with Crippen molar-refractivity contribution in [2.24, 2.45) is 5.92 Å². The van der Waals surface area contributed by atoms with E-state index in [4.69, 9.17) is 17.3 Å². The molecule has 1 amide bonds. The summed E-state index contributed by atoms with van der Waals surface area (Å²) in [5, 5.41) is 3.87. The summed E-state index contributed by atoms with van der Waals surface area (Å²) in [6.45, 7) is 0. The third kappa shape index (κ3) is 3.25. The normalized spacial score (nSPS) is 15.9. The SMILES string of the molecule is Nc1cccc(C(=O)NC(c2ccc(Cl)cc2)C2CCC2)c1. The summed E-state index contributed by atoms with van der Waals surface area (Å²) in [5.41, 5.74) is 8.05. The van der Waals surface area contributed by atoms with E-state index in [0.717, 1.165) is 18.4 Å². The molecule has 0 bridgehead atoms. The molecular formula is C18H19ClN2O. The van der Waals surface area contributed by atoms with E-state index in [9.17, 15) is 4.79 Å². The summed E-state index contributed by atoms with van der Waals surface area (Å²) in [4.78, 5) is 12.5. The molecule has 114 valence electrons. The number of benzene rings is 2. The highest BCUT2D eigenvalue weighted by atomic mass is 35.5. The molecule has 2 aromatic rings. The van der Waals surface area contributed by atoms with Crippen LogP contribution >= 0.6 is 11.6 Å². The molecule has 0 saturated heterocycles. The molecule has 2 aromatic carbocycles. The molecule has 1 fully saturated rings. The lowest BCUT2D eigenvalue weighted by Gasteiger charge is -2.34. The Hall–Kier alpha value is -2.00. The maximum atomic E-state index is 12.5. The minimum Gasteiger partial charge on any atom is -0.399 e. The fourth-order valence-electron chi connectivity index (χ4n) is 2.82. The van der Waals surface area contributed by atoms with Crippen molar-refractivity contribution in [3.05, 3.63) is 64.7 Å². The molecule has 0 spiro atoms. The molecule has 3 nitrogen and oxygen atoms in total. The first kappa shape index (κ1) is 14.9. The summed E-state index contributed by atoms with van der Waals surface area (Å²) in [6.07, 6.45) is 3.51. The lowest BCUT2D eigenvalue weighted by molar-refractivity contribution is 0.0900. The fraction of sp³-hybridized carbons (Fsp3) is 0.278. The van der Waals surface area contributed by atoms with Crippen molar-refractivity contribution in [2.75, 3.05) is 5.73 Å². The zero-order valence-electron chi connectivity index (χ0n) is 12.3. The number of carbonyl (C=O) groups is 1. The molecule has 1 saturated carbocycles. The molecule has 3 rings (SSSR count). The van der Waals surface area contributed by atoms with Crippen LogP contribution in [-0.4, -0.2) is 5.91 Å². The van der Waals surface area contributed by atoms with Gasteiger partial charge in [0, 0.05) is 16.3 Å². The Balaban J connectivity index is 1.81. The van der Waals surface area contributed by atoms with Gasteiger partial charge in [-0.25, -0.2) is 0 Å². The number of hydrogen-bond donors (Lipinski definition) is 2. The summed E-state index contributed by atoms with van der Waals surface area (Å²) < 4.78 is 0. The highest BCUT2D eigenvalue weighted by Gasteiger charge is 2.30. The highest BCUT2D eigenvalue weighted by Crippen LogP contribution is 2.38. The number of nitrogens with one attached hydrogen (secondary N) is 1. The number of nitrogen functional groups attached to an aromatic ring is 1. The van der Waals surface area contributed by atoms with Crippen LogP contribution in [0.1, 0.15) is 41.2 Å². The molecule has 0 aliphatic heterocycles. The summed E-state index contributed by atoms with van der Waals surface area (Å²) in [5.74, 6) is 0.408. The van der Waals surface area contributed by atoms with Gasteiger partial charge in [0.25, 0.3) is 5.91 Å². The summed E-state index contributed by atoms with van der Waals surface area (Å²) in [6, 6.07) is 14.8. The fourth-order valence-corrected chi connectivity index (χ4v) is 2.95. The number of amides is 1. The molecule has 0 radical (unpaired) electrons. The molecule has 1 aliphatic rings. The Morgan fingerprint density at radius 1 is 1.18 bits per heavy atom. The van der Waals surface area contributed by atoms with Crippen LogP contribution in [-0.2, 0) is 0 Å². The van der Waals surface area contributed by atoms with Gasteiger partial charge in [-0.15, -0.1) is 0 Å². The van der Waals surface area contributed by atoms with E-state index in [-0.39, 0.29) is 11.9 Å². The van der Waals surface area contributed by atoms with Crippen molar-refractivity contribution in [2.45, 2.75) is 25.3 Å². The maximum Gasteiger partial charge on any atom is 0.251 e. The quantitative estimate of drug-likeness (QED) is 0.831. The van der Waals surface area contributed by atoms with E-state index in [1.807, 2.05) is 24.3 Å². The van der Waals surface area contributed by atoms with Gasteiger partial charge in [-0.2, -0.15) is 0 Å². The van der Waals surface area contributed by atoms with Crippen LogP contribution in [0.4, 0.5) is 5.69 Å². The smallest absolute Gasteiger partial charge is 0.251 e. The monoisotopic (exact) mass is 314 g/mol. The molecule has 4 heteroatoms. The van der Waals surface area contributed by atoms with Crippen molar-refractivity contribution >= 4 is 23.2 Å². The van der Waals surface area contributed by atoms with Gasteiger partial charge < -0.3 is 11.1 Å². The van der Waals surface area contributed by atoms with Crippen LogP contribution in [0.5, 0.6) is 0 Å². The van der Waals surface area contributed by atoms with Crippen molar-refractivity contribution in [3.8, 4) is 0 Å². The van der Waals surface area contributed by atoms with Crippen LogP contribution < -0.4 is 11.1 Å². The van der Waals surface area contributed by atoms with Crippen LogP contribution in [0.15, 0.2) is 48.5 Å². The van der Waals surface area contributed by atoms with Crippen molar-refractivity contribution in [1.29, 1.82) is 0 Å². The molecule has 1 aliphatic carbocycles. The van der Waals surface area contributed by atoms with Gasteiger partial charge in [-0.05, 0) is 54.7 Å². The zero-order chi connectivity index (χ0) is 15.5. The largest absolute Gasteiger partial charge is 0.399 e. The van der Waals surface area contributed by atoms with E-state index in [0.29, 0.717) is 22.2 Å². The van der Waals surface area contributed by atoms with Gasteiger partial charge in [0.15, 0.2) is 0 Å². The van der Waals surface area contributed by atoms with Gasteiger partial charge in [0.05, 0.1) is 6.04 Å². The Morgan fingerprint density at radius 2 is 1.91 bits per heavy atom. The van der Waals surface area contributed by atoms with Crippen LogP contribution in [0.25, 0.3) is 0 Å². The highest BCUT2D eigenvalue weighted by molar-refractivity contribution is 6.30. The van der Waals surface area contributed by atoms with Crippen molar-refractivity contribution in [1.82, 2.24) is 5.32 Å². The first-order valence-electron chi connectivity index (χ1n) is 7.55. The Bertz CT molecular complexity index is 665. The third-order valence-electron chi connectivity index (χ3n) is 4.29. The molecule has 3 N–H and O–H groups in total. The Kier molecular flexibility index (Phi) is 4.34. The number of hydrogen-bond acceptors (Lipinski definition) is 2. The molecule has 0 aromatic heterocycles. The third-order valence-corrected chi connectivity index (χ3v) is 4.54. The first-order valence-corrected chi connectivity index (χ1v) is 7.93. The number of carbonyl (C=O) groups excluding carboxylic acids is 1. The standard InChI is InChI=1S/C18H19ClN2O/c19-15-9-7-13(8-10-15)17(12-3-1-4-12)21-18(22)14-5-2-6-16(20)11-14/h2,5-12,17H,1,3-4,20H2,(H,21,22). The number of rotatable bonds is 4. The van der Waals surface area contributed by atoms with E-state index in [2.05, 4.69) is 5.32 Å².